The summed E-state index contributed by atoms with van der Waals surface area (Å²) in [7, 11) is 0. The van der Waals surface area contributed by atoms with E-state index < -0.39 is 0 Å². The van der Waals surface area contributed by atoms with Crippen LogP contribution in [0.4, 0.5) is 0 Å². The second-order valence-corrected chi connectivity index (χ2v) is 2.15. The van der Waals surface area contributed by atoms with Gasteiger partial charge in [0.25, 0.3) is 0 Å². The Bertz CT molecular complexity index is 90.4. The van der Waals surface area contributed by atoms with E-state index in [0.29, 0.717) is 0 Å². The number of aliphatic hydroxyl groups is 1. The van der Waals surface area contributed by atoms with Crippen LogP contribution in [0, 0.1) is 5.92 Å². The van der Waals surface area contributed by atoms with E-state index in [1.165, 1.54) is 19.1 Å². The van der Waals surface area contributed by atoms with E-state index in [9.17, 15) is 0 Å². The van der Waals surface area contributed by atoms with Crippen LogP contribution in [0.3, 0.4) is 0 Å². The Kier molecular flexibility index (Phi) is 1.05. The van der Waals surface area contributed by atoms with E-state index in [0.717, 1.165) is 11.5 Å². The second kappa shape index (κ2) is 1.57. The summed E-state index contributed by atoms with van der Waals surface area (Å²) in [5, 5.41) is 8.38. The minimum absolute atomic E-state index is 0.727. The molecule has 0 atom stereocenters. The number of hydrogen-bond acceptors (Lipinski definition) is 1. The quantitative estimate of drug-likeness (QED) is 0.496. The van der Waals surface area contributed by atoms with Crippen LogP contribution in [0.15, 0.2) is 11.8 Å². The summed E-state index contributed by atoms with van der Waals surface area (Å²) in [5.41, 5.74) is 1.14. The number of allylic oxidation sites excluding steroid dienone is 1. The highest BCUT2D eigenvalue weighted by molar-refractivity contribution is 5.05. The number of rotatable bonds is 1. The molecular formula is C6H10O. The standard InChI is InChI=1S/C6H10O/c1-5(4-7)6-2-3-6/h4,6-7H,2-3H2,1H3/b5-4+. The maximum absolute atomic E-state index is 8.38. The maximum atomic E-state index is 8.38. The first-order chi connectivity index (χ1) is 3.34. The number of hydrogen-bond donors (Lipinski definition) is 1. The molecule has 1 saturated carbocycles. The Morgan fingerprint density at radius 2 is 2.29 bits per heavy atom. The second-order valence-electron chi connectivity index (χ2n) is 2.15. The molecule has 7 heavy (non-hydrogen) atoms. The predicted octanol–water partition coefficient (Wildman–Crippen LogP) is 1.86. The molecule has 0 amide bonds. The average molecular weight is 98.1 g/mol. The van der Waals surface area contributed by atoms with Crippen molar-refractivity contribution in [1.82, 2.24) is 0 Å². The largest absolute Gasteiger partial charge is 0.516 e. The van der Waals surface area contributed by atoms with Crippen molar-refractivity contribution in [2.75, 3.05) is 0 Å². The van der Waals surface area contributed by atoms with Gasteiger partial charge >= 0.3 is 0 Å². The molecule has 0 aromatic heterocycles. The molecule has 1 rings (SSSR count). The Morgan fingerprint density at radius 1 is 1.71 bits per heavy atom. The van der Waals surface area contributed by atoms with Gasteiger partial charge in [0, 0.05) is 0 Å². The Labute approximate surface area is 43.7 Å². The molecule has 1 fully saturated rings. The van der Waals surface area contributed by atoms with Crippen molar-refractivity contribution < 1.29 is 5.11 Å². The van der Waals surface area contributed by atoms with E-state index in [1.54, 1.807) is 0 Å². The highest BCUT2D eigenvalue weighted by Gasteiger charge is 2.22. The molecule has 0 heterocycles. The van der Waals surface area contributed by atoms with Crippen LogP contribution in [-0.4, -0.2) is 5.11 Å². The van der Waals surface area contributed by atoms with Gasteiger partial charge in [0.05, 0.1) is 6.26 Å². The molecule has 0 aromatic carbocycles. The fourth-order valence-corrected chi connectivity index (χ4v) is 0.644. The molecule has 1 aliphatic rings. The maximum Gasteiger partial charge on any atom is 0.0783 e. The third kappa shape index (κ3) is 0.952. The first kappa shape index (κ1) is 4.69. The molecule has 1 nitrogen and oxygen atoms in total. The predicted molar refractivity (Wildman–Crippen MR) is 29.1 cm³/mol. The summed E-state index contributed by atoms with van der Waals surface area (Å²) in [4.78, 5) is 0. The van der Waals surface area contributed by atoms with Gasteiger partial charge in [-0.05, 0) is 31.3 Å². The molecule has 0 radical (unpaired) electrons. The Hall–Kier alpha value is -0.460. The third-order valence-corrected chi connectivity index (χ3v) is 1.42. The Balaban J connectivity index is 2.37. The SMILES string of the molecule is C/C(=C\O)C1CC1. The van der Waals surface area contributed by atoms with Gasteiger partial charge in [-0.3, -0.25) is 0 Å². The van der Waals surface area contributed by atoms with Crippen molar-refractivity contribution in [2.45, 2.75) is 19.8 Å². The van der Waals surface area contributed by atoms with Crippen LogP contribution in [0.2, 0.25) is 0 Å². The van der Waals surface area contributed by atoms with E-state index in [2.05, 4.69) is 0 Å². The minimum Gasteiger partial charge on any atom is -0.516 e. The molecular weight excluding hydrogens is 88.1 g/mol. The summed E-state index contributed by atoms with van der Waals surface area (Å²) in [6.07, 6.45) is 3.78. The van der Waals surface area contributed by atoms with Gasteiger partial charge in [0.2, 0.25) is 0 Å². The molecule has 0 unspecified atom stereocenters. The van der Waals surface area contributed by atoms with Gasteiger partial charge in [-0.1, -0.05) is 0 Å². The lowest BCUT2D eigenvalue weighted by molar-refractivity contribution is 0.463. The molecule has 0 bridgehead atoms. The summed E-state index contributed by atoms with van der Waals surface area (Å²) >= 11 is 0. The van der Waals surface area contributed by atoms with Crippen LogP contribution >= 0.6 is 0 Å². The fraction of sp³-hybridized carbons (Fsp3) is 0.667. The highest BCUT2D eigenvalue weighted by Crippen LogP contribution is 2.35. The van der Waals surface area contributed by atoms with Crippen LogP contribution in [0.25, 0.3) is 0 Å². The van der Waals surface area contributed by atoms with Gasteiger partial charge < -0.3 is 5.11 Å². The summed E-state index contributed by atoms with van der Waals surface area (Å²) < 4.78 is 0. The van der Waals surface area contributed by atoms with Crippen LogP contribution in [0.1, 0.15) is 19.8 Å². The van der Waals surface area contributed by atoms with Crippen LogP contribution in [0.5, 0.6) is 0 Å². The van der Waals surface area contributed by atoms with Crippen molar-refractivity contribution in [3.63, 3.8) is 0 Å². The van der Waals surface area contributed by atoms with Crippen molar-refractivity contribution in [1.29, 1.82) is 0 Å². The molecule has 0 saturated heterocycles. The van der Waals surface area contributed by atoms with Crippen molar-refractivity contribution in [2.24, 2.45) is 5.92 Å². The summed E-state index contributed by atoms with van der Waals surface area (Å²) in [6, 6.07) is 0. The first-order valence-electron chi connectivity index (χ1n) is 2.65. The molecule has 1 heteroatoms. The zero-order chi connectivity index (χ0) is 5.28. The van der Waals surface area contributed by atoms with E-state index >= 15 is 0 Å². The molecule has 0 spiro atoms. The summed E-state index contributed by atoms with van der Waals surface area (Å²) in [6.45, 7) is 1.97. The van der Waals surface area contributed by atoms with E-state index in [1.807, 2.05) is 6.92 Å². The smallest absolute Gasteiger partial charge is 0.0783 e. The highest BCUT2D eigenvalue weighted by atomic mass is 16.2. The van der Waals surface area contributed by atoms with Crippen LogP contribution < -0.4 is 0 Å². The molecule has 1 N–H and O–H groups in total. The fourth-order valence-electron chi connectivity index (χ4n) is 0.644. The molecule has 0 aromatic rings. The minimum atomic E-state index is 0.727. The molecule has 1 aliphatic carbocycles. The van der Waals surface area contributed by atoms with E-state index in [-0.39, 0.29) is 0 Å². The van der Waals surface area contributed by atoms with Gasteiger partial charge in [0.15, 0.2) is 0 Å². The lowest BCUT2D eigenvalue weighted by Crippen LogP contribution is -1.74. The zero-order valence-electron chi connectivity index (χ0n) is 4.52. The van der Waals surface area contributed by atoms with E-state index in [4.69, 9.17) is 5.11 Å². The Morgan fingerprint density at radius 3 is 2.43 bits per heavy atom. The lowest BCUT2D eigenvalue weighted by Gasteiger charge is -1.87. The lowest BCUT2D eigenvalue weighted by atomic mass is 10.2. The van der Waals surface area contributed by atoms with Gasteiger partial charge in [-0.25, -0.2) is 0 Å². The van der Waals surface area contributed by atoms with Crippen molar-refractivity contribution in [3.05, 3.63) is 11.8 Å². The molecule has 40 valence electrons. The molecule has 0 aliphatic heterocycles. The average Bonchev–Trinajstić information content (AvgIpc) is 2.44. The third-order valence-electron chi connectivity index (χ3n) is 1.42. The van der Waals surface area contributed by atoms with Crippen molar-refractivity contribution >= 4 is 0 Å². The zero-order valence-corrected chi connectivity index (χ0v) is 4.52. The monoisotopic (exact) mass is 98.1 g/mol. The van der Waals surface area contributed by atoms with Crippen molar-refractivity contribution in [3.8, 4) is 0 Å². The van der Waals surface area contributed by atoms with Crippen LogP contribution in [-0.2, 0) is 0 Å². The van der Waals surface area contributed by atoms with Gasteiger partial charge in [-0.2, -0.15) is 0 Å². The van der Waals surface area contributed by atoms with Gasteiger partial charge in [-0.15, -0.1) is 0 Å². The first-order valence-corrected chi connectivity index (χ1v) is 2.65. The normalized spacial score (nSPS) is 22.7. The summed E-state index contributed by atoms with van der Waals surface area (Å²) in [5.74, 6) is 0.727. The van der Waals surface area contributed by atoms with Gasteiger partial charge in [0.1, 0.15) is 0 Å². The number of aliphatic hydroxyl groups excluding tert-OH is 1. The topological polar surface area (TPSA) is 20.2 Å².